The normalized spacial score (nSPS) is 10.6. The van der Waals surface area contributed by atoms with E-state index in [0.717, 1.165) is 26.2 Å². The summed E-state index contributed by atoms with van der Waals surface area (Å²) in [4.78, 5) is 15.2. The van der Waals surface area contributed by atoms with Crippen molar-refractivity contribution in [2.45, 2.75) is 23.3 Å². The van der Waals surface area contributed by atoms with E-state index in [2.05, 4.69) is 20.3 Å². The number of anilines is 2. The molecule has 0 atom stereocenters. The second kappa shape index (κ2) is 8.86. The van der Waals surface area contributed by atoms with E-state index >= 15 is 0 Å². The summed E-state index contributed by atoms with van der Waals surface area (Å²) >= 11 is 3.16. The number of aromatic nitrogens is 3. The van der Waals surface area contributed by atoms with E-state index in [1.807, 2.05) is 67.0 Å². The first-order valence-electron chi connectivity index (χ1n) is 8.70. The van der Waals surface area contributed by atoms with Gasteiger partial charge in [-0.25, -0.2) is 9.97 Å². The minimum atomic E-state index is 0.470. The molecule has 4 rings (SSSR count). The predicted molar refractivity (Wildman–Crippen MR) is 114 cm³/mol. The molecule has 0 amide bonds. The molecule has 0 bridgehead atoms. The van der Waals surface area contributed by atoms with Gasteiger partial charge in [0.05, 0.1) is 5.69 Å². The lowest BCUT2D eigenvalue weighted by atomic mass is 10.2. The minimum absolute atomic E-state index is 0.470. The summed E-state index contributed by atoms with van der Waals surface area (Å²) in [6.45, 7) is 2.44. The van der Waals surface area contributed by atoms with Crippen molar-refractivity contribution in [3.8, 4) is 5.75 Å². The first-order chi connectivity index (χ1) is 13.8. The van der Waals surface area contributed by atoms with Crippen LogP contribution in [0.15, 0.2) is 82.3 Å². The number of hydrogen-bond donors (Lipinski definition) is 1. The van der Waals surface area contributed by atoms with Crippen LogP contribution in [0.25, 0.3) is 0 Å². The van der Waals surface area contributed by atoms with Crippen LogP contribution in [0, 0.1) is 6.92 Å². The van der Waals surface area contributed by atoms with Crippen LogP contribution in [0.4, 0.5) is 10.9 Å². The Kier molecular flexibility index (Phi) is 5.84. The molecule has 0 saturated heterocycles. The first-order valence-corrected chi connectivity index (χ1v) is 10.4. The molecule has 1 N–H and O–H groups in total. The van der Waals surface area contributed by atoms with Gasteiger partial charge in [-0.15, -0.1) is 11.3 Å². The average Bonchev–Trinajstić information content (AvgIpc) is 3.14. The molecule has 4 aromatic rings. The van der Waals surface area contributed by atoms with E-state index in [9.17, 15) is 0 Å². The lowest BCUT2D eigenvalue weighted by molar-refractivity contribution is 0.306. The maximum absolute atomic E-state index is 6.11. The number of nitrogens with one attached hydrogen (secondary N) is 1. The molecule has 0 saturated carbocycles. The highest BCUT2D eigenvalue weighted by atomic mass is 32.2. The molecule has 1 aromatic carbocycles. The summed E-state index contributed by atoms with van der Waals surface area (Å²) in [6.07, 6.45) is 5.40. The molecule has 0 unspecified atom stereocenters. The number of aryl methyl sites for hydroxylation is 1. The van der Waals surface area contributed by atoms with Crippen LogP contribution in [0.2, 0.25) is 0 Å². The van der Waals surface area contributed by atoms with Gasteiger partial charge in [0, 0.05) is 33.8 Å². The summed E-state index contributed by atoms with van der Waals surface area (Å²) in [6, 6.07) is 16.0. The summed E-state index contributed by atoms with van der Waals surface area (Å²) in [5.74, 6) is 1.35. The van der Waals surface area contributed by atoms with Crippen molar-refractivity contribution in [1.82, 2.24) is 15.0 Å². The van der Waals surface area contributed by atoms with Crippen molar-refractivity contribution in [3.05, 3.63) is 83.8 Å². The molecule has 3 aromatic heterocycles. The van der Waals surface area contributed by atoms with Crippen molar-refractivity contribution < 1.29 is 4.74 Å². The van der Waals surface area contributed by atoms with Gasteiger partial charge in [0.1, 0.15) is 6.61 Å². The van der Waals surface area contributed by atoms with Gasteiger partial charge in [0.2, 0.25) is 0 Å². The standard InChI is InChI=1S/C21H18N4OS2/c1-15-14-27-21(24-15)25-20-19(26-13-16-5-3-2-4-6-16)11-18(12-23-20)28-17-7-9-22-10-8-17/h2-12,14H,13H2,1H3,(H,23,24,25). The molecule has 140 valence electrons. The Hall–Kier alpha value is -2.90. The Balaban J connectivity index is 1.58. The maximum atomic E-state index is 6.11. The number of rotatable bonds is 7. The van der Waals surface area contributed by atoms with Crippen LogP contribution in [0.3, 0.4) is 0 Å². The molecule has 0 aliphatic heterocycles. The molecular weight excluding hydrogens is 388 g/mol. The fraction of sp³-hybridized carbons (Fsp3) is 0.0952. The van der Waals surface area contributed by atoms with Crippen LogP contribution in [-0.4, -0.2) is 15.0 Å². The SMILES string of the molecule is Cc1csc(Nc2ncc(Sc3ccncc3)cc2OCc2ccccc2)n1. The van der Waals surface area contributed by atoms with Crippen molar-refractivity contribution in [2.75, 3.05) is 5.32 Å². The number of hydrogen-bond acceptors (Lipinski definition) is 7. The van der Waals surface area contributed by atoms with Crippen molar-refractivity contribution in [3.63, 3.8) is 0 Å². The third kappa shape index (κ3) is 4.88. The number of ether oxygens (including phenoxy) is 1. The second-order valence-electron chi connectivity index (χ2n) is 6.00. The largest absolute Gasteiger partial charge is 0.485 e. The zero-order valence-electron chi connectivity index (χ0n) is 15.2. The van der Waals surface area contributed by atoms with Crippen LogP contribution in [0.1, 0.15) is 11.3 Å². The molecule has 0 spiro atoms. The highest BCUT2D eigenvalue weighted by Crippen LogP contribution is 2.34. The molecule has 0 radical (unpaired) electrons. The molecular formula is C21H18N4OS2. The molecule has 0 aliphatic carbocycles. The van der Waals surface area contributed by atoms with Gasteiger partial charge in [0.15, 0.2) is 16.7 Å². The van der Waals surface area contributed by atoms with Gasteiger partial charge in [-0.1, -0.05) is 42.1 Å². The van der Waals surface area contributed by atoms with E-state index in [4.69, 9.17) is 4.74 Å². The lowest BCUT2D eigenvalue weighted by Gasteiger charge is -2.13. The monoisotopic (exact) mass is 406 g/mol. The van der Waals surface area contributed by atoms with Crippen molar-refractivity contribution in [2.24, 2.45) is 0 Å². The zero-order valence-corrected chi connectivity index (χ0v) is 16.8. The van der Waals surface area contributed by atoms with Crippen LogP contribution in [0.5, 0.6) is 5.75 Å². The Labute approximate surface area is 171 Å². The number of nitrogens with zero attached hydrogens (tertiary/aromatic N) is 3. The third-order valence-corrected chi connectivity index (χ3v) is 5.64. The van der Waals surface area contributed by atoms with Gasteiger partial charge in [0.25, 0.3) is 0 Å². The lowest BCUT2D eigenvalue weighted by Crippen LogP contribution is -2.01. The highest BCUT2D eigenvalue weighted by molar-refractivity contribution is 7.99. The highest BCUT2D eigenvalue weighted by Gasteiger charge is 2.11. The summed E-state index contributed by atoms with van der Waals surface area (Å²) in [7, 11) is 0. The van der Waals surface area contributed by atoms with Crippen molar-refractivity contribution in [1.29, 1.82) is 0 Å². The van der Waals surface area contributed by atoms with E-state index < -0.39 is 0 Å². The van der Waals surface area contributed by atoms with Gasteiger partial charge in [-0.2, -0.15) is 0 Å². The van der Waals surface area contributed by atoms with E-state index in [1.54, 1.807) is 35.5 Å². The number of pyridine rings is 2. The molecule has 28 heavy (non-hydrogen) atoms. The number of benzene rings is 1. The van der Waals surface area contributed by atoms with Gasteiger partial charge >= 0.3 is 0 Å². The van der Waals surface area contributed by atoms with E-state index in [1.165, 1.54) is 0 Å². The summed E-state index contributed by atoms with van der Waals surface area (Å²) in [5, 5.41) is 6.07. The van der Waals surface area contributed by atoms with Crippen LogP contribution >= 0.6 is 23.1 Å². The van der Waals surface area contributed by atoms with Crippen LogP contribution < -0.4 is 10.1 Å². The first kappa shape index (κ1) is 18.5. The van der Waals surface area contributed by atoms with E-state index in [-0.39, 0.29) is 0 Å². The average molecular weight is 407 g/mol. The Morgan fingerprint density at radius 3 is 2.64 bits per heavy atom. The Morgan fingerprint density at radius 2 is 1.89 bits per heavy atom. The quantitative estimate of drug-likeness (QED) is 0.424. The zero-order chi connectivity index (χ0) is 19.2. The van der Waals surface area contributed by atoms with Gasteiger partial charge in [-0.3, -0.25) is 4.98 Å². The van der Waals surface area contributed by atoms with Gasteiger partial charge < -0.3 is 10.1 Å². The molecule has 3 heterocycles. The fourth-order valence-electron chi connectivity index (χ4n) is 2.48. The predicted octanol–water partition coefficient (Wildman–Crippen LogP) is 5.72. The van der Waals surface area contributed by atoms with Gasteiger partial charge in [-0.05, 0) is 30.7 Å². The van der Waals surface area contributed by atoms with Crippen molar-refractivity contribution >= 4 is 34.0 Å². The third-order valence-electron chi connectivity index (χ3n) is 3.79. The second-order valence-corrected chi connectivity index (χ2v) is 8.00. The summed E-state index contributed by atoms with van der Waals surface area (Å²) in [5.41, 5.74) is 2.08. The van der Waals surface area contributed by atoms with E-state index in [0.29, 0.717) is 18.2 Å². The summed E-state index contributed by atoms with van der Waals surface area (Å²) < 4.78 is 6.11. The molecule has 0 fully saturated rings. The molecule has 7 heteroatoms. The maximum Gasteiger partial charge on any atom is 0.188 e. The molecule has 5 nitrogen and oxygen atoms in total. The topological polar surface area (TPSA) is 59.9 Å². The number of thiazole rings is 1. The smallest absolute Gasteiger partial charge is 0.188 e. The minimum Gasteiger partial charge on any atom is -0.485 e. The van der Waals surface area contributed by atoms with Crippen LogP contribution in [-0.2, 0) is 6.61 Å². The Morgan fingerprint density at radius 1 is 1.07 bits per heavy atom. The Bertz CT molecular complexity index is 1040. The fourth-order valence-corrected chi connectivity index (χ4v) is 3.97. The molecule has 0 aliphatic rings.